The Hall–Kier alpha value is -1.82. The molecule has 17 heavy (non-hydrogen) atoms. The molecule has 0 spiro atoms. The molecule has 5 nitrogen and oxygen atoms in total. The number of aromatic nitrogens is 1. The third-order valence-electron chi connectivity index (χ3n) is 2.51. The molecule has 2 aromatic heterocycles. The highest BCUT2D eigenvalue weighted by atomic mass is 32.1. The van der Waals surface area contributed by atoms with Crippen LogP contribution in [-0.2, 0) is 6.54 Å². The molecule has 2 heterocycles. The lowest BCUT2D eigenvalue weighted by atomic mass is 10.2. The predicted molar refractivity (Wildman–Crippen MR) is 65.9 cm³/mol. The normalized spacial score (nSPS) is 10.5. The van der Waals surface area contributed by atoms with E-state index in [-0.39, 0.29) is 5.91 Å². The van der Waals surface area contributed by atoms with Crippen LogP contribution in [0.15, 0.2) is 16.0 Å². The molecule has 3 N–H and O–H groups in total. The highest BCUT2D eigenvalue weighted by Crippen LogP contribution is 2.19. The Balaban J connectivity index is 2.05. The Morgan fingerprint density at radius 3 is 2.88 bits per heavy atom. The summed E-state index contributed by atoms with van der Waals surface area (Å²) < 4.78 is 5.02. The molecule has 0 aromatic carbocycles. The van der Waals surface area contributed by atoms with E-state index in [4.69, 9.17) is 10.3 Å². The van der Waals surface area contributed by atoms with E-state index < -0.39 is 0 Å². The monoisotopic (exact) mass is 251 g/mol. The van der Waals surface area contributed by atoms with E-state index in [2.05, 4.69) is 10.5 Å². The van der Waals surface area contributed by atoms with Crippen molar-refractivity contribution in [1.82, 2.24) is 10.5 Å². The number of carbonyl (C=O) groups is 1. The van der Waals surface area contributed by atoms with E-state index in [1.54, 1.807) is 11.4 Å². The molecule has 0 aliphatic carbocycles. The van der Waals surface area contributed by atoms with E-state index in [9.17, 15) is 4.79 Å². The third-order valence-corrected chi connectivity index (χ3v) is 3.44. The van der Waals surface area contributed by atoms with Crippen molar-refractivity contribution in [2.24, 2.45) is 0 Å². The highest BCUT2D eigenvalue weighted by Gasteiger charge is 2.13. The number of nitrogens with two attached hydrogens (primary N) is 1. The molecule has 0 aliphatic heterocycles. The number of nitrogen functional groups attached to an aromatic ring is 1. The van der Waals surface area contributed by atoms with Crippen molar-refractivity contribution in [2.45, 2.75) is 20.4 Å². The van der Waals surface area contributed by atoms with Crippen molar-refractivity contribution in [3.05, 3.63) is 33.3 Å². The van der Waals surface area contributed by atoms with Crippen LogP contribution in [0.4, 0.5) is 5.69 Å². The van der Waals surface area contributed by atoms with Crippen LogP contribution in [0.25, 0.3) is 0 Å². The third kappa shape index (κ3) is 2.31. The maximum Gasteiger partial charge on any atom is 0.263 e. The molecule has 0 unspecified atom stereocenters. The second-order valence-electron chi connectivity index (χ2n) is 3.69. The van der Waals surface area contributed by atoms with Crippen LogP contribution in [0.2, 0.25) is 0 Å². The lowest BCUT2D eigenvalue weighted by Crippen LogP contribution is -2.23. The zero-order valence-electron chi connectivity index (χ0n) is 9.61. The van der Waals surface area contributed by atoms with Crippen LogP contribution in [0.3, 0.4) is 0 Å². The van der Waals surface area contributed by atoms with E-state index in [0.717, 1.165) is 17.0 Å². The number of hydrogen-bond acceptors (Lipinski definition) is 5. The van der Waals surface area contributed by atoms with Crippen molar-refractivity contribution in [2.75, 3.05) is 5.73 Å². The summed E-state index contributed by atoms with van der Waals surface area (Å²) in [5.41, 5.74) is 7.88. The number of hydrogen-bond donors (Lipinski definition) is 2. The van der Waals surface area contributed by atoms with Gasteiger partial charge in [-0.05, 0) is 25.3 Å². The highest BCUT2D eigenvalue weighted by molar-refractivity contribution is 7.12. The first-order valence-corrected chi connectivity index (χ1v) is 6.00. The van der Waals surface area contributed by atoms with Gasteiger partial charge in [-0.1, -0.05) is 5.16 Å². The summed E-state index contributed by atoms with van der Waals surface area (Å²) in [6.45, 7) is 4.07. The van der Waals surface area contributed by atoms with E-state index in [0.29, 0.717) is 17.1 Å². The largest absolute Gasteiger partial charge is 0.397 e. The molecule has 90 valence electrons. The molecule has 1 amide bonds. The molecule has 0 fully saturated rings. The number of rotatable bonds is 3. The Morgan fingerprint density at radius 2 is 2.35 bits per heavy atom. The average molecular weight is 251 g/mol. The predicted octanol–water partition coefficient (Wildman–Crippen LogP) is 1.87. The molecule has 0 radical (unpaired) electrons. The van der Waals surface area contributed by atoms with Crippen molar-refractivity contribution >= 4 is 22.9 Å². The number of thiophene rings is 1. The summed E-state index contributed by atoms with van der Waals surface area (Å²) in [4.78, 5) is 12.4. The number of anilines is 1. The quantitative estimate of drug-likeness (QED) is 0.872. The van der Waals surface area contributed by atoms with Gasteiger partial charge in [-0.3, -0.25) is 4.79 Å². The first kappa shape index (κ1) is 11.7. The molecule has 6 heteroatoms. The van der Waals surface area contributed by atoms with Gasteiger partial charge in [-0.25, -0.2) is 0 Å². The molecule has 0 bridgehead atoms. The molecule has 0 aliphatic rings. The standard InChI is InChI=1S/C11H13N3O2S/c1-6-8(7(2)16-14-6)5-13-11(15)10-9(12)3-4-17-10/h3-4H,5,12H2,1-2H3,(H,13,15). The Morgan fingerprint density at radius 1 is 1.59 bits per heavy atom. The van der Waals surface area contributed by atoms with Crippen LogP contribution in [0.1, 0.15) is 26.7 Å². The lowest BCUT2D eigenvalue weighted by Gasteiger charge is -2.03. The van der Waals surface area contributed by atoms with Gasteiger partial charge in [0, 0.05) is 12.1 Å². The summed E-state index contributed by atoms with van der Waals surface area (Å²) in [7, 11) is 0. The van der Waals surface area contributed by atoms with Crippen molar-refractivity contribution in [3.63, 3.8) is 0 Å². The Kier molecular flexibility index (Phi) is 3.14. The number of amides is 1. The van der Waals surface area contributed by atoms with Crippen LogP contribution in [0, 0.1) is 13.8 Å². The van der Waals surface area contributed by atoms with Gasteiger partial charge in [0.25, 0.3) is 5.91 Å². The fraction of sp³-hybridized carbons (Fsp3) is 0.273. The molecule has 0 saturated heterocycles. The van der Waals surface area contributed by atoms with Crippen LogP contribution in [0.5, 0.6) is 0 Å². The number of nitrogens with zero attached hydrogens (tertiary/aromatic N) is 1. The van der Waals surface area contributed by atoms with Gasteiger partial charge >= 0.3 is 0 Å². The minimum atomic E-state index is -0.169. The summed E-state index contributed by atoms with van der Waals surface area (Å²) in [6.07, 6.45) is 0. The minimum Gasteiger partial charge on any atom is -0.397 e. The SMILES string of the molecule is Cc1noc(C)c1CNC(=O)c1sccc1N. The van der Waals surface area contributed by atoms with Crippen LogP contribution < -0.4 is 11.1 Å². The molecule has 2 aromatic rings. The molecule has 0 atom stereocenters. The number of carbonyl (C=O) groups excluding carboxylic acids is 1. The molecule has 2 rings (SSSR count). The molecule has 0 saturated carbocycles. The Bertz CT molecular complexity index is 525. The zero-order valence-corrected chi connectivity index (χ0v) is 10.4. The first-order valence-electron chi connectivity index (χ1n) is 5.12. The van der Waals surface area contributed by atoms with Crippen LogP contribution in [-0.4, -0.2) is 11.1 Å². The van der Waals surface area contributed by atoms with E-state index >= 15 is 0 Å². The summed E-state index contributed by atoms with van der Waals surface area (Å²) in [6, 6.07) is 1.72. The van der Waals surface area contributed by atoms with Gasteiger partial charge in [0.15, 0.2) is 0 Å². The minimum absolute atomic E-state index is 0.169. The van der Waals surface area contributed by atoms with Crippen molar-refractivity contribution in [1.29, 1.82) is 0 Å². The maximum absolute atomic E-state index is 11.8. The van der Waals surface area contributed by atoms with E-state index in [1.165, 1.54) is 11.3 Å². The zero-order chi connectivity index (χ0) is 12.4. The van der Waals surface area contributed by atoms with Crippen molar-refractivity contribution in [3.8, 4) is 0 Å². The second kappa shape index (κ2) is 4.58. The lowest BCUT2D eigenvalue weighted by molar-refractivity contribution is 0.0955. The topological polar surface area (TPSA) is 81.2 Å². The fourth-order valence-electron chi connectivity index (χ4n) is 1.51. The summed E-state index contributed by atoms with van der Waals surface area (Å²) in [5, 5.41) is 8.42. The molecular weight excluding hydrogens is 238 g/mol. The van der Waals surface area contributed by atoms with Crippen molar-refractivity contribution < 1.29 is 9.32 Å². The van der Waals surface area contributed by atoms with Gasteiger partial charge in [-0.2, -0.15) is 0 Å². The van der Waals surface area contributed by atoms with Gasteiger partial charge in [0.05, 0.1) is 11.4 Å². The van der Waals surface area contributed by atoms with Gasteiger partial charge in [-0.15, -0.1) is 11.3 Å². The first-order chi connectivity index (χ1) is 8.09. The fourth-order valence-corrected chi connectivity index (χ4v) is 2.24. The van der Waals surface area contributed by atoms with Crippen LogP contribution >= 0.6 is 11.3 Å². The van der Waals surface area contributed by atoms with Gasteiger partial charge in [0.1, 0.15) is 10.6 Å². The molecular formula is C11H13N3O2S. The smallest absolute Gasteiger partial charge is 0.263 e. The average Bonchev–Trinajstić information content (AvgIpc) is 2.84. The van der Waals surface area contributed by atoms with Gasteiger partial charge in [0.2, 0.25) is 0 Å². The maximum atomic E-state index is 11.8. The number of nitrogens with one attached hydrogen (secondary N) is 1. The number of aryl methyl sites for hydroxylation is 2. The summed E-state index contributed by atoms with van der Waals surface area (Å²) >= 11 is 1.33. The van der Waals surface area contributed by atoms with E-state index in [1.807, 2.05) is 13.8 Å². The summed E-state index contributed by atoms with van der Waals surface area (Å²) in [5.74, 6) is 0.555. The van der Waals surface area contributed by atoms with Gasteiger partial charge < -0.3 is 15.6 Å². The Labute approximate surface area is 103 Å². The second-order valence-corrected chi connectivity index (χ2v) is 4.61.